The fourth-order valence-corrected chi connectivity index (χ4v) is 4.21. The van der Waals surface area contributed by atoms with Crippen LogP contribution in [-0.4, -0.2) is 58.3 Å². The van der Waals surface area contributed by atoms with Gasteiger partial charge in [-0.2, -0.15) is 0 Å². The Balaban J connectivity index is 1.95. The summed E-state index contributed by atoms with van der Waals surface area (Å²) in [5, 5.41) is 12.2. The normalized spacial score (nSPS) is 22.6. The van der Waals surface area contributed by atoms with Gasteiger partial charge in [-0.25, -0.2) is 4.79 Å². The van der Waals surface area contributed by atoms with Gasteiger partial charge in [0.2, 0.25) is 5.88 Å². The number of nitrogens with zero attached hydrogens (tertiary/aromatic N) is 3. The smallest absolute Gasteiger partial charge is 0.353 e. The molecule has 3 heterocycles. The van der Waals surface area contributed by atoms with Crippen molar-refractivity contribution in [1.29, 1.82) is 0 Å². The number of carboxylic acids is 1. The first-order chi connectivity index (χ1) is 12.0. The van der Waals surface area contributed by atoms with E-state index in [4.69, 9.17) is 16.0 Å². The number of aliphatic carboxylic acids is 1. The number of β-lactam (4-membered cyclic amide) rings is 1. The number of thioether (sulfide) groups is 1. The van der Waals surface area contributed by atoms with Crippen LogP contribution in [0.1, 0.15) is 0 Å². The quantitative estimate of drug-likeness (QED) is 0.458. The number of halogens is 1. The first-order valence-corrected chi connectivity index (χ1v) is 8.40. The number of hydrogen-bond acceptors (Lipinski definition) is 7. The standard InChI is InChI=1S/C14H12ClN3O6S/c1-23-16-5-8(19)17(9-3-2-4-24-9)11-12(20)18-10(14(21)22)7(15)6-25-13(11)18/h2-5,11,13H,6H2,1H3,(H,21,22)/t11-,13-/m1/s1. The molecule has 2 aliphatic rings. The number of furan rings is 1. The minimum atomic E-state index is -1.29. The molecule has 1 aromatic heterocycles. The SMILES string of the molecule is CON=CC(=O)N(c1ccco1)[C@@H]1C(=O)N2C(C(=O)O)=C(Cl)CS[C@H]12. The van der Waals surface area contributed by atoms with Crippen molar-refractivity contribution in [2.45, 2.75) is 11.4 Å². The lowest BCUT2D eigenvalue weighted by Gasteiger charge is -2.51. The van der Waals surface area contributed by atoms with Gasteiger partial charge < -0.3 is 14.4 Å². The van der Waals surface area contributed by atoms with Crippen LogP contribution in [0.3, 0.4) is 0 Å². The van der Waals surface area contributed by atoms with Crippen LogP contribution in [0.4, 0.5) is 5.88 Å². The van der Waals surface area contributed by atoms with Crippen molar-refractivity contribution >= 4 is 53.2 Å². The Morgan fingerprint density at radius 1 is 1.60 bits per heavy atom. The largest absolute Gasteiger partial charge is 0.477 e. The Kier molecular flexibility index (Phi) is 4.73. The minimum Gasteiger partial charge on any atom is -0.477 e. The lowest BCUT2D eigenvalue weighted by molar-refractivity contribution is -0.148. The fraction of sp³-hybridized carbons (Fsp3) is 0.286. The lowest BCUT2D eigenvalue weighted by atomic mass is 10.0. The highest BCUT2D eigenvalue weighted by Crippen LogP contribution is 2.44. The number of carboxylic acid groups (broad SMARTS) is 1. The maximum Gasteiger partial charge on any atom is 0.353 e. The van der Waals surface area contributed by atoms with Crippen molar-refractivity contribution < 1.29 is 28.7 Å². The maximum atomic E-state index is 12.6. The van der Waals surface area contributed by atoms with E-state index in [0.29, 0.717) is 0 Å². The van der Waals surface area contributed by atoms with Gasteiger partial charge >= 0.3 is 5.97 Å². The van der Waals surface area contributed by atoms with Crippen LogP contribution in [0.15, 0.2) is 38.7 Å². The summed E-state index contributed by atoms with van der Waals surface area (Å²) in [5.41, 5.74) is -0.260. The van der Waals surface area contributed by atoms with Crippen LogP contribution < -0.4 is 4.90 Å². The molecule has 0 spiro atoms. The summed E-state index contributed by atoms with van der Waals surface area (Å²) in [5.74, 6) is -2.13. The second-order valence-electron chi connectivity index (χ2n) is 4.99. The van der Waals surface area contributed by atoms with Crippen molar-refractivity contribution in [3.8, 4) is 0 Å². The van der Waals surface area contributed by atoms with E-state index in [9.17, 15) is 19.5 Å². The highest BCUT2D eigenvalue weighted by molar-refractivity contribution is 8.00. The van der Waals surface area contributed by atoms with E-state index in [1.807, 2.05) is 0 Å². The van der Waals surface area contributed by atoms with Crippen molar-refractivity contribution in [2.24, 2.45) is 5.16 Å². The Morgan fingerprint density at radius 3 is 2.96 bits per heavy atom. The second-order valence-corrected chi connectivity index (χ2v) is 6.55. The van der Waals surface area contributed by atoms with Crippen LogP contribution in [0, 0.1) is 0 Å². The molecule has 0 bridgehead atoms. The van der Waals surface area contributed by atoms with E-state index in [1.54, 1.807) is 6.07 Å². The van der Waals surface area contributed by atoms with Crippen LogP contribution in [0.2, 0.25) is 0 Å². The van der Waals surface area contributed by atoms with Gasteiger partial charge in [0.15, 0.2) is 0 Å². The van der Waals surface area contributed by atoms with Crippen LogP contribution in [0.5, 0.6) is 0 Å². The molecule has 1 fully saturated rings. The number of rotatable bonds is 5. The number of hydrogen-bond donors (Lipinski definition) is 1. The topological polar surface area (TPSA) is 113 Å². The number of oxime groups is 1. The molecule has 11 heteroatoms. The molecule has 0 aromatic carbocycles. The number of anilines is 1. The van der Waals surface area contributed by atoms with Crippen molar-refractivity contribution in [3.05, 3.63) is 29.1 Å². The van der Waals surface area contributed by atoms with Crippen molar-refractivity contribution in [1.82, 2.24) is 4.90 Å². The van der Waals surface area contributed by atoms with Crippen LogP contribution >= 0.6 is 23.4 Å². The molecule has 132 valence electrons. The molecule has 0 saturated carbocycles. The van der Waals surface area contributed by atoms with E-state index in [2.05, 4.69) is 9.99 Å². The summed E-state index contributed by atoms with van der Waals surface area (Å²) in [6.45, 7) is 0. The average molecular weight is 386 g/mol. The summed E-state index contributed by atoms with van der Waals surface area (Å²) < 4.78 is 5.25. The van der Waals surface area contributed by atoms with E-state index >= 15 is 0 Å². The molecule has 25 heavy (non-hydrogen) atoms. The molecular formula is C14H12ClN3O6S. The molecule has 1 N–H and O–H groups in total. The van der Waals surface area contributed by atoms with E-state index in [1.165, 1.54) is 31.2 Å². The number of amides is 2. The third-order valence-electron chi connectivity index (χ3n) is 3.62. The van der Waals surface area contributed by atoms with Crippen LogP contribution in [-0.2, 0) is 19.2 Å². The van der Waals surface area contributed by atoms with E-state index < -0.39 is 29.2 Å². The maximum absolute atomic E-state index is 12.6. The van der Waals surface area contributed by atoms with Gasteiger partial charge in [0, 0.05) is 11.8 Å². The summed E-state index contributed by atoms with van der Waals surface area (Å²) in [6, 6.07) is 2.14. The highest BCUT2D eigenvalue weighted by atomic mass is 35.5. The Labute approximate surface area is 150 Å². The lowest BCUT2D eigenvalue weighted by Crippen LogP contribution is -2.71. The van der Waals surface area contributed by atoms with Gasteiger partial charge in [0.05, 0.1) is 11.3 Å². The molecule has 0 unspecified atom stereocenters. The Morgan fingerprint density at radius 2 is 2.36 bits per heavy atom. The third-order valence-corrected chi connectivity index (χ3v) is 5.36. The van der Waals surface area contributed by atoms with Crippen molar-refractivity contribution in [3.63, 3.8) is 0 Å². The van der Waals surface area contributed by atoms with E-state index in [-0.39, 0.29) is 22.4 Å². The number of carbonyl (C=O) groups is 3. The predicted octanol–water partition coefficient (Wildman–Crippen LogP) is 1.06. The van der Waals surface area contributed by atoms with Gasteiger partial charge in [0.25, 0.3) is 11.8 Å². The molecule has 2 atom stereocenters. The number of carbonyl (C=O) groups excluding carboxylic acids is 2. The monoisotopic (exact) mass is 385 g/mol. The van der Waals surface area contributed by atoms with Gasteiger partial charge in [-0.15, -0.1) is 11.8 Å². The fourth-order valence-electron chi connectivity index (χ4n) is 2.62. The minimum absolute atomic E-state index is 0.0809. The number of fused-ring (bicyclic) bond motifs is 1. The first kappa shape index (κ1) is 17.4. The molecule has 1 aromatic rings. The summed E-state index contributed by atoms with van der Waals surface area (Å²) in [4.78, 5) is 43.2. The first-order valence-electron chi connectivity index (χ1n) is 6.97. The Bertz CT molecular complexity index is 778. The summed E-state index contributed by atoms with van der Waals surface area (Å²) in [7, 11) is 1.28. The van der Waals surface area contributed by atoms with E-state index in [0.717, 1.165) is 16.0 Å². The Hall–Kier alpha value is -2.46. The summed E-state index contributed by atoms with van der Waals surface area (Å²) in [6.07, 6.45) is 2.27. The molecule has 1 saturated heterocycles. The van der Waals surface area contributed by atoms with Crippen LogP contribution in [0.25, 0.3) is 0 Å². The molecule has 0 aliphatic carbocycles. The molecule has 2 amide bonds. The highest BCUT2D eigenvalue weighted by Gasteiger charge is 2.57. The van der Waals surface area contributed by atoms with Gasteiger partial charge in [-0.05, 0) is 6.07 Å². The molecule has 2 aliphatic heterocycles. The zero-order valence-electron chi connectivity index (χ0n) is 12.8. The molecular weight excluding hydrogens is 374 g/mol. The van der Waals surface area contributed by atoms with Gasteiger partial charge in [-0.3, -0.25) is 19.4 Å². The zero-order chi connectivity index (χ0) is 18.1. The van der Waals surface area contributed by atoms with Crippen molar-refractivity contribution in [2.75, 3.05) is 17.8 Å². The molecule has 3 rings (SSSR count). The summed E-state index contributed by atoms with van der Waals surface area (Å²) >= 11 is 7.20. The van der Waals surface area contributed by atoms with Gasteiger partial charge in [-0.1, -0.05) is 16.8 Å². The van der Waals surface area contributed by atoms with Gasteiger partial charge in [0.1, 0.15) is 30.4 Å². The average Bonchev–Trinajstić information content (AvgIpc) is 3.10. The second kappa shape index (κ2) is 6.81. The third kappa shape index (κ3) is 2.87. The zero-order valence-corrected chi connectivity index (χ0v) is 14.4. The predicted molar refractivity (Wildman–Crippen MR) is 89.1 cm³/mol. The molecule has 9 nitrogen and oxygen atoms in total. The molecule has 0 radical (unpaired) electrons.